The first-order chi connectivity index (χ1) is 7.54. The standard InChI is InChI=1S/C12H26N2OS/c1-4-5-9-16-10-7-6-8-12(2,3)11(13)14-15/h15H,4-10H2,1-3H3,(H2,13,14). The molecule has 0 aliphatic rings. The van der Waals surface area contributed by atoms with Crippen molar-refractivity contribution in [3.63, 3.8) is 0 Å². The van der Waals surface area contributed by atoms with Gasteiger partial charge in [0.05, 0.1) is 0 Å². The second kappa shape index (κ2) is 8.74. The van der Waals surface area contributed by atoms with E-state index >= 15 is 0 Å². The summed E-state index contributed by atoms with van der Waals surface area (Å²) < 4.78 is 0. The number of hydrogen-bond donors (Lipinski definition) is 2. The lowest BCUT2D eigenvalue weighted by atomic mass is 9.86. The Bertz CT molecular complexity index is 205. The van der Waals surface area contributed by atoms with Crippen LogP contribution in [-0.2, 0) is 0 Å². The van der Waals surface area contributed by atoms with Gasteiger partial charge in [-0.1, -0.05) is 38.8 Å². The third-order valence-corrected chi connectivity index (χ3v) is 3.94. The van der Waals surface area contributed by atoms with Gasteiger partial charge >= 0.3 is 0 Å². The largest absolute Gasteiger partial charge is 0.409 e. The van der Waals surface area contributed by atoms with Crippen molar-refractivity contribution >= 4 is 17.6 Å². The van der Waals surface area contributed by atoms with E-state index in [0.29, 0.717) is 5.84 Å². The molecule has 0 rings (SSSR count). The number of nitrogens with two attached hydrogens (primary N) is 1. The van der Waals surface area contributed by atoms with Gasteiger partial charge in [0.25, 0.3) is 0 Å². The van der Waals surface area contributed by atoms with Gasteiger partial charge in [-0.05, 0) is 30.8 Å². The smallest absolute Gasteiger partial charge is 0.144 e. The summed E-state index contributed by atoms with van der Waals surface area (Å²) in [6, 6.07) is 0. The van der Waals surface area contributed by atoms with Crippen LogP contribution in [0.5, 0.6) is 0 Å². The van der Waals surface area contributed by atoms with Gasteiger partial charge in [-0.2, -0.15) is 11.8 Å². The molecule has 0 saturated carbocycles. The maximum Gasteiger partial charge on any atom is 0.144 e. The van der Waals surface area contributed by atoms with E-state index in [2.05, 4.69) is 12.1 Å². The quantitative estimate of drug-likeness (QED) is 0.215. The summed E-state index contributed by atoms with van der Waals surface area (Å²) in [7, 11) is 0. The number of thioether (sulfide) groups is 1. The van der Waals surface area contributed by atoms with Gasteiger partial charge in [0, 0.05) is 5.41 Å². The normalized spacial score (nSPS) is 13.1. The molecule has 0 amide bonds. The van der Waals surface area contributed by atoms with Crippen LogP contribution in [0.15, 0.2) is 5.16 Å². The van der Waals surface area contributed by atoms with E-state index in [4.69, 9.17) is 10.9 Å². The highest BCUT2D eigenvalue weighted by molar-refractivity contribution is 7.99. The molecule has 0 aromatic rings. The molecule has 0 aromatic carbocycles. The Morgan fingerprint density at radius 3 is 2.44 bits per heavy atom. The molecule has 3 nitrogen and oxygen atoms in total. The van der Waals surface area contributed by atoms with Crippen LogP contribution in [0, 0.1) is 5.41 Å². The minimum Gasteiger partial charge on any atom is -0.409 e. The molecule has 96 valence electrons. The number of nitrogens with zero attached hydrogens (tertiary/aromatic N) is 1. The van der Waals surface area contributed by atoms with Gasteiger partial charge in [-0.3, -0.25) is 0 Å². The van der Waals surface area contributed by atoms with Crippen molar-refractivity contribution in [1.29, 1.82) is 0 Å². The fraction of sp³-hybridized carbons (Fsp3) is 0.917. The van der Waals surface area contributed by atoms with Crippen molar-refractivity contribution in [2.24, 2.45) is 16.3 Å². The van der Waals surface area contributed by atoms with Crippen molar-refractivity contribution in [1.82, 2.24) is 0 Å². The highest BCUT2D eigenvalue weighted by Crippen LogP contribution is 2.24. The Morgan fingerprint density at radius 2 is 1.88 bits per heavy atom. The zero-order valence-corrected chi connectivity index (χ0v) is 11.6. The Morgan fingerprint density at radius 1 is 1.25 bits per heavy atom. The molecule has 0 radical (unpaired) electrons. The van der Waals surface area contributed by atoms with E-state index in [1.807, 2.05) is 25.6 Å². The highest BCUT2D eigenvalue weighted by Gasteiger charge is 2.22. The molecule has 0 atom stereocenters. The van der Waals surface area contributed by atoms with Gasteiger partial charge in [0.15, 0.2) is 0 Å². The van der Waals surface area contributed by atoms with Crippen LogP contribution in [-0.4, -0.2) is 22.5 Å². The minimum atomic E-state index is -0.178. The van der Waals surface area contributed by atoms with Crippen LogP contribution in [0.3, 0.4) is 0 Å². The van der Waals surface area contributed by atoms with Crippen LogP contribution in [0.25, 0.3) is 0 Å². The molecule has 0 unspecified atom stereocenters. The van der Waals surface area contributed by atoms with Gasteiger partial charge in [0.2, 0.25) is 0 Å². The third-order valence-electron chi connectivity index (χ3n) is 2.78. The average molecular weight is 246 g/mol. The molecule has 3 N–H and O–H groups in total. The van der Waals surface area contributed by atoms with Crippen LogP contribution in [0.2, 0.25) is 0 Å². The second-order valence-electron chi connectivity index (χ2n) is 4.79. The van der Waals surface area contributed by atoms with E-state index in [0.717, 1.165) is 12.8 Å². The molecule has 4 heteroatoms. The van der Waals surface area contributed by atoms with Gasteiger partial charge in [-0.25, -0.2) is 0 Å². The predicted octanol–water partition coefficient (Wildman–Crippen LogP) is 3.46. The summed E-state index contributed by atoms with van der Waals surface area (Å²) >= 11 is 2.03. The first kappa shape index (κ1) is 15.6. The monoisotopic (exact) mass is 246 g/mol. The Labute approximate surface area is 104 Å². The molecular weight excluding hydrogens is 220 g/mol. The van der Waals surface area contributed by atoms with Crippen LogP contribution in [0.1, 0.15) is 52.9 Å². The van der Waals surface area contributed by atoms with Crippen molar-refractivity contribution < 1.29 is 5.21 Å². The first-order valence-corrected chi connectivity index (χ1v) is 7.25. The summed E-state index contributed by atoms with van der Waals surface area (Å²) in [5, 5.41) is 11.7. The molecule has 0 aliphatic heterocycles. The molecular formula is C12H26N2OS. The van der Waals surface area contributed by atoms with Crippen molar-refractivity contribution in [3.8, 4) is 0 Å². The van der Waals surface area contributed by atoms with Gasteiger partial charge in [0.1, 0.15) is 5.84 Å². The lowest BCUT2D eigenvalue weighted by Gasteiger charge is -2.22. The molecule has 16 heavy (non-hydrogen) atoms. The maximum absolute atomic E-state index is 8.63. The van der Waals surface area contributed by atoms with Gasteiger partial charge < -0.3 is 10.9 Å². The minimum absolute atomic E-state index is 0.178. The Kier molecular flexibility index (Phi) is 8.53. The molecule has 0 aromatic heterocycles. The number of hydrogen-bond acceptors (Lipinski definition) is 3. The average Bonchev–Trinajstić information content (AvgIpc) is 2.26. The Balaban J connectivity index is 3.51. The molecule has 0 fully saturated rings. The second-order valence-corrected chi connectivity index (χ2v) is 6.02. The Hall–Kier alpha value is -0.380. The fourth-order valence-electron chi connectivity index (χ4n) is 1.38. The highest BCUT2D eigenvalue weighted by atomic mass is 32.2. The van der Waals surface area contributed by atoms with Crippen molar-refractivity contribution in [2.45, 2.75) is 52.9 Å². The lowest BCUT2D eigenvalue weighted by molar-refractivity contribution is 0.304. The summed E-state index contributed by atoms with van der Waals surface area (Å²) in [5.74, 6) is 2.85. The fourth-order valence-corrected chi connectivity index (χ4v) is 2.49. The molecule has 0 saturated heterocycles. The van der Waals surface area contributed by atoms with E-state index in [9.17, 15) is 0 Å². The number of unbranched alkanes of at least 4 members (excludes halogenated alkanes) is 2. The first-order valence-electron chi connectivity index (χ1n) is 6.10. The van der Waals surface area contributed by atoms with Crippen LogP contribution in [0.4, 0.5) is 0 Å². The molecule has 0 spiro atoms. The topological polar surface area (TPSA) is 58.6 Å². The van der Waals surface area contributed by atoms with Crippen molar-refractivity contribution in [3.05, 3.63) is 0 Å². The zero-order valence-electron chi connectivity index (χ0n) is 10.8. The summed E-state index contributed by atoms with van der Waals surface area (Å²) in [4.78, 5) is 0. The predicted molar refractivity (Wildman–Crippen MR) is 73.3 cm³/mol. The third kappa shape index (κ3) is 6.99. The molecule has 0 aliphatic carbocycles. The zero-order chi connectivity index (χ0) is 12.4. The summed E-state index contributed by atoms with van der Waals surface area (Å²) in [6.45, 7) is 6.26. The van der Waals surface area contributed by atoms with Gasteiger partial charge in [-0.15, -0.1) is 0 Å². The SMILES string of the molecule is CCCCSCCCCC(C)(C)C(N)=NO. The van der Waals surface area contributed by atoms with E-state index in [1.54, 1.807) is 0 Å². The number of rotatable bonds is 9. The number of amidine groups is 1. The summed E-state index contributed by atoms with van der Waals surface area (Å²) in [6.07, 6.45) is 5.94. The van der Waals surface area contributed by atoms with Crippen molar-refractivity contribution in [2.75, 3.05) is 11.5 Å². The molecule has 0 heterocycles. The lowest BCUT2D eigenvalue weighted by Crippen LogP contribution is -2.31. The maximum atomic E-state index is 8.63. The molecule has 0 bridgehead atoms. The number of oxime groups is 1. The van der Waals surface area contributed by atoms with Crippen LogP contribution >= 0.6 is 11.8 Å². The van der Waals surface area contributed by atoms with E-state index in [-0.39, 0.29) is 5.41 Å². The van der Waals surface area contributed by atoms with E-state index < -0.39 is 0 Å². The van der Waals surface area contributed by atoms with E-state index in [1.165, 1.54) is 30.8 Å². The summed E-state index contributed by atoms with van der Waals surface area (Å²) in [5.41, 5.74) is 5.45. The van der Waals surface area contributed by atoms with Crippen LogP contribution < -0.4 is 5.73 Å².